The summed E-state index contributed by atoms with van der Waals surface area (Å²) in [5.74, 6) is 0.894. The van der Waals surface area contributed by atoms with Crippen molar-refractivity contribution in [2.24, 2.45) is 0 Å². The van der Waals surface area contributed by atoms with Gasteiger partial charge in [-0.2, -0.15) is 0 Å². The average Bonchev–Trinajstić information content (AvgIpc) is 3.34. The number of rotatable bonds is 6. The van der Waals surface area contributed by atoms with Crippen LogP contribution >= 0.6 is 11.6 Å². The summed E-state index contributed by atoms with van der Waals surface area (Å²) in [5.41, 5.74) is 7.31. The zero-order valence-electron chi connectivity index (χ0n) is 19.6. The molecular formula is C29H27ClN2O2. The minimum absolute atomic E-state index is 0.0957. The molecular weight excluding hydrogens is 444 g/mol. The van der Waals surface area contributed by atoms with Crippen LogP contribution in [-0.4, -0.2) is 29.4 Å². The largest absolute Gasteiger partial charge is 0.497 e. The Morgan fingerprint density at radius 1 is 1.00 bits per heavy atom. The number of nitrogens with one attached hydrogen (secondary N) is 1. The van der Waals surface area contributed by atoms with Crippen LogP contribution in [0.3, 0.4) is 0 Å². The molecule has 2 heterocycles. The van der Waals surface area contributed by atoms with E-state index < -0.39 is 0 Å². The van der Waals surface area contributed by atoms with Gasteiger partial charge in [0.15, 0.2) is 0 Å². The monoisotopic (exact) mass is 470 g/mol. The molecule has 5 rings (SSSR count). The van der Waals surface area contributed by atoms with E-state index >= 15 is 0 Å². The maximum Gasteiger partial charge on any atom is 0.250 e. The van der Waals surface area contributed by atoms with Gasteiger partial charge in [0.25, 0.3) is 0 Å². The summed E-state index contributed by atoms with van der Waals surface area (Å²) in [4.78, 5) is 19.0. The average molecular weight is 471 g/mol. The van der Waals surface area contributed by atoms with Crippen LogP contribution in [0.2, 0.25) is 5.02 Å². The Morgan fingerprint density at radius 3 is 2.53 bits per heavy atom. The number of fused-ring (bicyclic) bond motifs is 1. The Morgan fingerprint density at radius 2 is 1.76 bits per heavy atom. The second-order valence-electron chi connectivity index (χ2n) is 8.78. The van der Waals surface area contributed by atoms with E-state index in [4.69, 9.17) is 16.3 Å². The summed E-state index contributed by atoms with van der Waals surface area (Å²) in [6.07, 6.45) is 0.761. The van der Waals surface area contributed by atoms with Crippen molar-refractivity contribution in [1.82, 2.24) is 9.88 Å². The van der Waals surface area contributed by atoms with E-state index in [2.05, 4.69) is 36.2 Å². The normalized spacial score (nSPS) is 16.1. The van der Waals surface area contributed by atoms with Crippen molar-refractivity contribution in [3.8, 4) is 17.0 Å². The first-order chi connectivity index (χ1) is 16.5. The SMILES string of the molecule is COc1cccc(-c2[nH]c3ccccc3c2[C@H]2C(C)=C(C)C(=O)N2CCc2ccc(Cl)cc2)c1. The molecule has 0 saturated carbocycles. The van der Waals surface area contributed by atoms with Gasteiger partial charge in [0.1, 0.15) is 5.75 Å². The number of aromatic amines is 1. The summed E-state index contributed by atoms with van der Waals surface area (Å²) in [6, 6.07) is 24.1. The van der Waals surface area contributed by atoms with Gasteiger partial charge in [0, 0.05) is 39.2 Å². The predicted molar refractivity (Wildman–Crippen MR) is 138 cm³/mol. The molecule has 0 saturated heterocycles. The van der Waals surface area contributed by atoms with E-state index in [1.807, 2.05) is 60.4 Å². The first kappa shape index (κ1) is 22.3. The highest BCUT2D eigenvalue weighted by atomic mass is 35.5. The van der Waals surface area contributed by atoms with Crippen LogP contribution in [0.1, 0.15) is 31.0 Å². The molecule has 0 fully saturated rings. The summed E-state index contributed by atoms with van der Waals surface area (Å²) in [6.45, 7) is 4.64. The molecule has 1 aliphatic heterocycles. The minimum Gasteiger partial charge on any atom is -0.497 e. The van der Waals surface area contributed by atoms with Crippen molar-refractivity contribution >= 4 is 28.4 Å². The fraction of sp³-hybridized carbons (Fsp3) is 0.207. The number of ether oxygens (including phenoxy) is 1. The van der Waals surface area contributed by atoms with Crippen molar-refractivity contribution in [2.75, 3.05) is 13.7 Å². The smallest absolute Gasteiger partial charge is 0.250 e. The molecule has 172 valence electrons. The van der Waals surface area contributed by atoms with E-state index in [-0.39, 0.29) is 11.9 Å². The molecule has 1 aromatic heterocycles. The number of amides is 1. The third-order valence-electron chi connectivity index (χ3n) is 6.83. The number of H-pyrrole nitrogens is 1. The molecule has 0 radical (unpaired) electrons. The topological polar surface area (TPSA) is 45.3 Å². The summed E-state index contributed by atoms with van der Waals surface area (Å²) in [7, 11) is 1.68. The molecule has 3 aromatic carbocycles. The number of halogens is 1. The number of benzene rings is 3. The quantitative estimate of drug-likeness (QED) is 0.331. The van der Waals surface area contributed by atoms with Crippen LogP contribution in [-0.2, 0) is 11.2 Å². The van der Waals surface area contributed by atoms with Gasteiger partial charge in [0.05, 0.1) is 18.8 Å². The standard InChI is InChI=1S/C29H27ClN2O2/c1-18-19(2)29(33)32(16-15-20-11-13-22(30)14-12-20)28(18)26-24-9-4-5-10-25(24)31-27(26)21-7-6-8-23(17-21)34-3/h4-14,17,28,31H,15-16H2,1-3H3/t28-/m1/s1. The lowest BCUT2D eigenvalue weighted by Crippen LogP contribution is -2.32. The first-order valence-corrected chi connectivity index (χ1v) is 11.8. The van der Waals surface area contributed by atoms with Gasteiger partial charge in [-0.1, -0.05) is 54.1 Å². The van der Waals surface area contributed by atoms with E-state index in [0.717, 1.165) is 56.6 Å². The Balaban J connectivity index is 1.62. The Kier molecular flexibility index (Phi) is 5.93. The van der Waals surface area contributed by atoms with Gasteiger partial charge in [0.2, 0.25) is 5.91 Å². The number of hydrogen-bond donors (Lipinski definition) is 1. The number of nitrogens with zero attached hydrogens (tertiary/aromatic N) is 1. The molecule has 1 atom stereocenters. The lowest BCUT2D eigenvalue weighted by atomic mass is 9.93. The van der Waals surface area contributed by atoms with Crippen LogP contribution < -0.4 is 4.74 Å². The van der Waals surface area contributed by atoms with Gasteiger partial charge in [-0.25, -0.2) is 0 Å². The van der Waals surface area contributed by atoms with Gasteiger partial charge in [-0.15, -0.1) is 0 Å². The number of para-hydroxylation sites is 1. The van der Waals surface area contributed by atoms with Gasteiger partial charge in [-0.3, -0.25) is 4.79 Å². The fourth-order valence-electron chi connectivity index (χ4n) is 4.90. The molecule has 4 nitrogen and oxygen atoms in total. The van der Waals surface area contributed by atoms with Crippen molar-refractivity contribution in [2.45, 2.75) is 26.3 Å². The van der Waals surface area contributed by atoms with E-state index in [9.17, 15) is 4.79 Å². The molecule has 34 heavy (non-hydrogen) atoms. The van der Waals surface area contributed by atoms with E-state index in [1.54, 1.807) is 7.11 Å². The highest BCUT2D eigenvalue weighted by Crippen LogP contribution is 2.45. The third-order valence-corrected chi connectivity index (χ3v) is 7.08. The second-order valence-corrected chi connectivity index (χ2v) is 9.21. The first-order valence-electron chi connectivity index (χ1n) is 11.5. The van der Waals surface area contributed by atoms with Crippen LogP contribution in [0.25, 0.3) is 22.2 Å². The van der Waals surface area contributed by atoms with Crippen LogP contribution in [0.4, 0.5) is 0 Å². The maximum atomic E-state index is 13.4. The van der Waals surface area contributed by atoms with E-state index in [1.165, 1.54) is 0 Å². The third kappa shape index (κ3) is 3.88. The van der Waals surface area contributed by atoms with Crippen LogP contribution in [0.5, 0.6) is 5.75 Å². The van der Waals surface area contributed by atoms with Crippen molar-refractivity contribution in [3.63, 3.8) is 0 Å². The molecule has 0 aliphatic carbocycles. The summed E-state index contributed by atoms with van der Waals surface area (Å²) < 4.78 is 5.49. The minimum atomic E-state index is -0.142. The Bertz CT molecular complexity index is 1400. The van der Waals surface area contributed by atoms with Crippen molar-refractivity contribution < 1.29 is 9.53 Å². The second kappa shape index (κ2) is 9.03. The lowest BCUT2D eigenvalue weighted by Gasteiger charge is -2.28. The summed E-state index contributed by atoms with van der Waals surface area (Å²) >= 11 is 6.06. The molecule has 1 N–H and O–H groups in total. The molecule has 1 amide bonds. The van der Waals surface area contributed by atoms with Crippen molar-refractivity contribution in [3.05, 3.63) is 100 Å². The zero-order valence-corrected chi connectivity index (χ0v) is 20.3. The molecule has 0 spiro atoms. The molecule has 5 heteroatoms. The molecule has 0 unspecified atom stereocenters. The fourth-order valence-corrected chi connectivity index (χ4v) is 5.02. The van der Waals surface area contributed by atoms with Crippen LogP contribution in [0, 0.1) is 0 Å². The number of methoxy groups -OCH3 is 1. The van der Waals surface area contributed by atoms with Gasteiger partial charge < -0.3 is 14.6 Å². The number of hydrogen-bond acceptors (Lipinski definition) is 2. The molecule has 1 aliphatic rings. The highest BCUT2D eigenvalue weighted by molar-refractivity contribution is 6.30. The van der Waals surface area contributed by atoms with Gasteiger partial charge >= 0.3 is 0 Å². The number of carbonyl (C=O) groups is 1. The number of carbonyl (C=O) groups excluding carboxylic acids is 1. The van der Waals surface area contributed by atoms with E-state index in [0.29, 0.717) is 11.6 Å². The lowest BCUT2D eigenvalue weighted by molar-refractivity contribution is -0.127. The molecule has 4 aromatic rings. The maximum absolute atomic E-state index is 13.4. The summed E-state index contributed by atoms with van der Waals surface area (Å²) in [5, 5.41) is 1.85. The predicted octanol–water partition coefficient (Wildman–Crippen LogP) is 6.96. The van der Waals surface area contributed by atoms with Crippen molar-refractivity contribution in [1.29, 1.82) is 0 Å². The van der Waals surface area contributed by atoms with Gasteiger partial charge in [-0.05, 0) is 61.7 Å². The number of aromatic nitrogens is 1. The Hall–Kier alpha value is -3.50. The zero-order chi connectivity index (χ0) is 23.8. The van der Waals surface area contributed by atoms with Crippen LogP contribution in [0.15, 0.2) is 83.9 Å². The highest BCUT2D eigenvalue weighted by Gasteiger charge is 2.38. The molecule has 0 bridgehead atoms. The Labute approximate surface area is 204 Å².